The molecular formula is C13H16ClF2N3O. The van der Waals surface area contributed by atoms with Crippen LogP contribution in [-0.2, 0) is 6.54 Å². The van der Waals surface area contributed by atoms with E-state index in [4.69, 9.17) is 0 Å². The molecule has 0 saturated heterocycles. The highest BCUT2D eigenvalue weighted by Gasteiger charge is 2.13. The van der Waals surface area contributed by atoms with Crippen LogP contribution in [0.5, 0.6) is 0 Å². The van der Waals surface area contributed by atoms with Gasteiger partial charge in [-0.05, 0) is 13.0 Å². The molecule has 0 fully saturated rings. The highest BCUT2D eigenvalue weighted by molar-refractivity contribution is 5.85. The Labute approximate surface area is 121 Å². The molecule has 3 N–H and O–H groups in total. The second kappa shape index (κ2) is 7.33. The van der Waals surface area contributed by atoms with Gasteiger partial charge in [-0.2, -0.15) is 5.10 Å². The van der Waals surface area contributed by atoms with Gasteiger partial charge in [0.25, 0.3) is 0 Å². The van der Waals surface area contributed by atoms with Crippen LogP contribution >= 0.6 is 12.4 Å². The third kappa shape index (κ3) is 4.00. The maximum absolute atomic E-state index is 13.4. The first-order valence-electron chi connectivity index (χ1n) is 5.90. The van der Waals surface area contributed by atoms with E-state index in [-0.39, 0.29) is 24.5 Å². The molecule has 0 amide bonds. The van der Waals surface area contributed by atoms with Crippen molar-refractivity contribution in [1.29, 1.82) is 0 Å². The highest BCUT2D eigenvalue weighted by atomic mass is 35.5. The van der Waals surface area contributed by atoms with Crippen LogP contribution in [0.3, 0.4) is 0 Å². The first-order valence-corrected chi connectivity index (χ1v) is 5.90. The van der Waals surface area contributed by atoms with Crippen molar-refractivity contribution >= 4 is 12.4 Å². The minimum Gasteiger partial charge on any atom is -0.387 e. The minimum absolute atomic E-state index is 0. The van der Waals surface area contributed by atoms with Gasteiger partial charge in [0, 0.05) is 36.0 Å². The van der Waals surface area contributed by atoms with Gasteiger partial charge in [-0.25, -0.2) is 8.78 Å². The van der Waals surface area contributed by atoms with E-state index in [0.717, 1.165) is 23.4 Å². The number of aryl methyl sites for hydroxylation is 1. The number of rotatable bonds is 5. The molecule has 4 nitrogen and oxygen atoms in total. The number of aromatic nitrogens is 2. The molecule has 7 heteroatoms. The zero-order valence-corrected chi connectivity index (χ0v) is 11.7. The van der Waals surface area contributed by atoms with Crippen LogP contribution in [0.2, 0.25) is 0 Å². The van der Waals surface area contributed by atoms with Crippen molar-refractivity contribution in [3.8, 4) is 0 Å². The summed E-state index contributed by atoms with van der Waals surface area (Å²) in [6.07, 6.45) is 0.667. The molecule has 0 aliphatic carbocycles. The van der Waals surface area contributed by atoms with Crippen molar-refractivity contribution in [2.45, 2.75) is 19.6 Å². The largest absolute Gasteiger partial charge is 0.387 e. The summed E-state index contributed by atoms with van der Waals surface area (Å²) in [5.74, 6) is -1.40. The molecule has 20 heavy (non-hydrogen) atoms. The average molecular weight is 304 g/mol. The molecule has 0 radical (unpaired) electrons. The smallest absolute Gasteiger partial charge is 0.131 e. The fourth-order valence-electron chi connectivity index (χ4n) is 1.78. The van der Waals surface area contributed by atoms with Crippen molar-refractivity contribution in [2.24, 2.45) is 0 Å². The number of hydrogen-bond donors (Lipinski definition) is 3. The molecule has 1 aromatic heterocycles. The number of H-pyrrole nitrogens is 1. The number of aliphatic hydroxyl groups is 1. The first kappa shape index (κ1) is 16.6. The number of hydrogen-bond acceptors (Lipinski definition) is 3. The Kier molecular flexibility index (Phi) is 6.06. The summed E-state index contributed by atoms with van der Waals surface area (Å²) in [5.41, 5.74) is 2.00. The lowest BCUT2D eigenvalue weighted by atomic mass is 10.1. The summed E-state index contributed by atoms with van der Waals surface area (Å²) < 4.78 is 26.2. The zero-order chi connectivity index (χ0) is 13.8. The summed E-state index contributed by atoms with van der Waals surface area (Å²) in [5, 5.41) is 19.5. The minimum atomic E-state index is -1.02. The number of nitrogens with one attached hydrogen (secondary N) is 2. The molecule has 1 atom stereocenters. The lowest BCUT2D eigenvalue weighted by molar-refractivity contribution is 0.169. The topological polar surface area (TPSA) is 60.9 Å². The van der Waals surface area contributed by atoms with E-state index in [0.29, 0.717) is 6.54 Å². The molecule has 110 valence electrons. The zero-order valence-electron chi connectivity index (χ0n) is 10.9. The fraction of sp³-hybridized carbons (Fsp3) is 0.308. The molecule has 0 spiro atoms. The SMILES string of the molecule is Cc1[nH]ncc1CNCC(O)c1ccc(F)cc1F.Cl. The number of benzene rings is 1. The molecule has 2 rings (SSSR count). The van der Waals surface area contributed by atoms with Gasteiger partial charge in [-0.1, -0.05) is 6.07 Å². The molecule has 0 aliphatic rings. The summed E-state index contributed by atoms with van der Waals surface area (Å²) >= 11 is 0. The van der Waals surface area contributed by atoms with Crippen molar-refractivity contribution in [2.75, 3.05) is 6.54 Å². The Morgan fingerprint density at radius 2 is 2.15 bits per heavy atom. The van der Waals surface area contributed by atoms with Crippen LogP contribution in [0.4, 0.5) is 8.78 Å². The van der Waals surface area contributed by atoms with Crippen molar-refractivity contribution in [1.82, 2.24) is 15.5 Å². The Morgan fingerprint density at radius 3 is 2.75 bits per heavy atom. The third-order valence-corrected chi connectivity index (χ3v) is 2.91. The number of aromatic amines is 1. The average Bonchev–Trinajstić information content (AvgIpc) is 2.75. The first-order chi connectivity index (χ1) is 9.08. The molecule has 1 unspecified atom stereocenters. The Balaban J connectivity index is 0.00000200. The van der Waals surface area contributed by atoms with Gasteiger partial charge in [-0.15, -0.1) is 12.4 Å². The van der Waals surface area contributed by atoms with Gasteiger partial charge in [0.1, 0.15) is 11.6 Å². The summed E-state index contributed by atoms with van der Waals surface area (Å²) in [7, 11) is 0. The number of halogens is 3. The molecule has 1 aromatic carbocycles. The maximum Gasteiger partial charge on any atom is 0.131 e. The van der Waals surface area contributed by atoms with Crippen LogP contribution < -0.4 is 5.32 Å². The van der Waals surface area contributed by atoms with Gasteiger partial charge in [0.2, 0.25) is 0 Å². The van der Waals surface area contributed by atoms with Crippen molar-refractivity contribution in [3.63, 3.8) is 0 Å². The summed E-state index contributed by atoms with van der Waals surface area (Å²) in [4.78, 5) is 0. The van der Waals surface area contributed by atoms with E-state index in [9.17, 15) is 13.9 Å². The summed E-state index contributed by atoms with van der Waals surface area (Å²) in [6, 6.07) is 3.14. The molecule has 0 bridgehead atoms. The second-order valence-electron chi connectivity index (χ2n) is 4.33. The third-order valence-electron chi connectivity index (χ3n) is 2.91. The quantitative estimate of drug-likeness (QED) is 0.794. The van der Waals surface area contributed by atoms with E-state index < -0.39 is 17.7 Å². The Hall–Kier alpha value is -1.50. The van der Waals surface area contributed by atoms with Crippen LogP contribution in [0.25, 0.3) is 0 Å². The van der Waals surface area contributed by atoms with Crippen LogP contribution in [0, 0.1) is 18.6 Å². The number of aliphatic hydroxyl groups excluding tert-OH is 1. The van der Waals surface area contributed by atoms with E-state index in [1.807, 2.05) is 6.92 Å². The van der Waals surface area contributed by atoms with Gasteiger partial charge < -0.3 is 10.4 Å². The molecule has 2 aromatic rings. The predicted octanol–water partition coefficient (Wildman–Crippen LogP) is 2.24. The lowest BCUT2D eigenvalue weighted by Crippen LogP contribution is -2.22. The molecule has 0 saturated carbocycles. The van der Waals surface area contributed by atoms with E-state index in [2.05, 4.69) is 15.5 Å². The normalized spacial score (nSPS) is 12.0. The van der Waals surface area contributed by atoms with E-state index in [1.165, 1.54) is 6.07 Å². The maximum atomic E-state index is 13.4. The van der Waals surface area contributed by atoms with Crippen LogP contribution in [0.15, 0.2) is 24.4 Å². The Morgan fingerprint density at radius 1 is 1.40 bits per heavy atom. The second-order valence-corrected chi connectivity index (χ2v) is 4.33. The Bertz CT molecular complexity index is 562. The van der Waals surface area contributed by atoms with E-state index >= 15 is 0 Å². The lowest BCUT2D eigenvalue weighted by Gasteiger charge is -2.13. The molecular weight excluding hydrogens is 288 g/mol. The van der Waals surface area contributed by atoms with Crippen molar-refractivity contribution < 1.29 is 13.9 Å². The van der Waals surface area contributed by atoms with Crippen LogP contribution in [-0.4, -0.2) is 21.8 Å². The van der Waals surface area contributed by atoms with Crippen molar-refractivity contribution in [3.05, 3.63) is 52.9 Å². The highest BCUT2D eigenvalue weighted by Crippen LogP contribution is 2.17. The standard InChI is InChI=1S/C13H15F2N3O.ClH/c1-8-9(6-17-18-8)5-16-7-13(19)11-3-2-10(14)4-12(11)15;/h2-4,6,13,16,19H,5,7H2,1H3,(H,17,18);1H. The van der Waals surface area contributed by atoms with Gasteiger partial charge >= 0.3 is 0 Å². The monoisotopic (exact) mass is 303 g/mol. The van der Waals surface area contributed by atoms with Gasteiger partial charge in [0.15, 0.2) is 0 Å². The van der Waals surface area contributed by atoms with E-state index in [1.54, 1.807) is 6.20 Å². The predicted molar refractivity (Wildman–Crippen MR) is 73.6 cm³/mol. The van der Waals surface area contributed by atoms with Crippen LogP contribution in [0.1, 0.15) is 22.9 Å². The molecule has 0 aliphatic heterocycles. The number of nitrogens with zero attached hydrogens (tertiary/aromatic N) is 1. The summed E-state index contributed by atoms with van der Waals surface area (Å²) in [6.45, 7) is 2.58. The fourth-order valence-corrected chi connectivity index (χ4v) is 1.78. The van der Waals surface area contributed by atoms with Gasteiger partial charge in [-0.3, -0.25) is 5.10 Å². The molecule has 1 heterocycles. The van der Waals surface area contributed by atoms with Gasteiger partial charge in [0.05, 0.1) is 12.3 Å².